The van der Waals surface area contributed by atoms with Gasteiger partial charge in [0.05, 0.1) is 12.2 Å². The number of Topliss-reactive ketones (excluding diaryl/α,β-unsaturated/α-hetero) is 1. The Labute approximate surface area is 135 Å². The van der Waals surface area contributed by atoms with Crippen LogP contribution in [0.4, 0.5) is 0 Å². The molecule has 0 spiro atoms. The molecule has 0 aliphatic carbocycles. The molecule has 0 saturated heterocycles. The fourth-order valence-corrected chi connectivity index (χ4v) is 2.00. The number of carbonyl (C=O) groups excluding carboxylic acids is 2. The predicted molar refractivity (Wildman–Crippen MR) is 84.7 cm³/mol. The molecule has 0 aliphatic rings. The molecule has 0 atom stereocenters. The minimum absolute atomic E-state index is 0.0575. The van der Waals surface area contributed by atoms with E-state index in [1.165, 1.54) is 12.4 Å². The molecule has 1 heterocycles. The van der Waals surface area contributed by atoms with Gasteiger partial charge >= 0.3 is 5.97 Å². The van der Waals surface area contributed by atoms with Gasteiger partial charge < -0.3 is 10.1 Å². The summed E-state index contributed by atoms with van der Waals surface area (Å²) in [5.41, 5.74) is 0.0789. The van der Waals surface area contributed by atoms with Crippen molar-refractivity contribution >= 4 is 45.9 Å². The zero-order valence-electron chi connectivity index (χ0n) is 11.1. The van der Waals surface area contributed by atoms with Crippen LogP contribution in [0, 0.1) is 3.57 Å². The van der Waals surface area contributed by atoms with E-state index in [2.05, 4.69) is 10.3 Å². The molecule has 1 N–H and O–H groups in total. The van der Waals surface area contributed by atoms with Gasteiger partial charge in [-0.1, -0.05) is 11.6 Å². The van der Waals surface area contributed by atoms with Gasteiger partial charge in [-0.3, -0.25) is 4.79 Å². The second kappa shape index (κ2) is 8.21. The average molecular weight is 409 g/mol. The van der Waals surface area contributed by atoms with E-state index in [-0.39, 0.29) is 22.9 Å². The summed E-state index contributed by atoms with van der Waals surface area (Å²) >= 11 is 7.93. The van der Waals surface area contributed by atoms with Crippen LogP contribution < -0.4 is 5.32 Å². The molecule has 0 aliphatic heterocycles. The van der Waals surface area contributed by atoms with E-state index >= 15 is 0 Å². The molecule has 0 aromatic carbocycles. The van der Waals surface area contributed by atoms with Gasteiger partial charge in [-0.05, 0) is 42.5 Å². The number of ketones is 1. The molecule has 0 fully saturated rings. The maximum absolute atomic E-state index is 12.4. The minimum Gasteiger partial charge on any atom is -0.462 e. The molecule has 0 unspecified atom stereocenters. The smallest absolute Gasteiger partial charge is 0.343 e. The van der Waals surface area contributed by atoms with E-state index < -0.39 is 11.8 Å². The third kappa shape index (κ3) is 4.45. The van der Waals surface area contributed by atoms with Crippen molar-refractivity contribution in [2.45, 2.75) is 13.8 Å². The highest BCUT2D eigenvalue weighted by Gasteiger charge is 2.23. The van der Waals surface area contributed by atoms with Crippen molar-refractivity contribution in [3.8, 4) is 0 Å². The van der Waals surface area contributed by atoms with Gasteiger partial charge in [0.1, 0.15) is 10.7 Å². The second-order valence-electron chi connectivity index (χ2n) is 3.66. The molecule has 1 aromatic heterocycles. The van der Waals surface area contributed by atoms with Crippen LogP contribution in [0.15, 0.2) is 24.0 Å². The van der Waals surface area contributed by atoms with Gasteiger partial charge in [0, 0.05) is 22.5 Å². The van der Waals surface area contributed by atoms with Crippen molar-refractivity contribution in [3.63, 3.8) is 0 Å². The van der Waals surface area contributed by atoms with Gasteiger partial charge in [-0.25, -0.2) is 9.78 Å². The molecular weight excluding hydrogens is 395 g/mol. The topological polar surface area (TPSA) is 68.3 Å². The Morgan fingerprint density at radius 1 is 1.50 bits per heavy atom. The molecule has 7 heteroatoms. The summed E-state index contributed by atoms with van der Waals surface area (Å²) in [7, 11) is 0. The summed E-state index contributed by atoms with van der Waals surface area (Å²) in [4.78, 5) is 28.2. The number of esters is 1. The lowest BCUT2D eigenvalue weighted by atomic mass is 10.1. The second-order valence-corrected chi connectivity index (χ2v) is 5.26. The van der Waals surface area contributed by atoms with E-state index in [4.69, 9.17) is 16.3 Å². The Bertz CT molecular complexity index is 546. The van der Waals surface area contributed by atoms with Gasteiger partial charge in [-0.2, -0.15) is 0 Å². The predicted octanol–water partition coefficient (Wildman–Crippen LogP) is 2.58. The summed E-state index contributed by atoms with van der Waals surface area (Å²) in [6.07, 6.45) is 2.88. The van der Waals surface area contributed by atoms with E-state index in [0.717, 1.165) is 3.57 Å². The number of hydrogen-bond donors (Lipinski definition) is 1. The van der Waals surface area contributed by atoms with Crippen molar-refractivity contribution in [2.24, 2.45) is 0 Å². The molecule has 1 rings (SSSR count). The largest absolute Gasteiger partial charge is 0.462 e. The summed E-state index contributed by atoms with van der Waals surface area (Å²) < 4.78 is 5.63. The van der Waals surface area contributed by atoms with Crippen LogP contribution in [0.2, 0.25) is 5.15 Å². The SMILES string of the molecule is CCNC=C(C(=O)OCC)C(=O)c1cc(I)cnc1Cl. The summed E-state index contributed by atoms with van der Waals surface area (Å²) in [5, 5.41) is 2.88. The van der Waals surface area contributed by atoms with Crippen molar-refractivity contribution in [2.75, 3.05) is 13.2 Å². The van der Waals surface area contributed by atoms with E-state index in [1.54, 1.807) is 13.0 Å². The minimum atomic E-state index is -0.687. The fraction of sp³-hybridized carbons (Fsp3) is 0.308. The Morgan fingerprint density at radius 2 is 2.20 bits per heavy atom. The number of hydrogen-bond acceptors (Lipinski definition) is 5. The molecule has 108 valence electrons. The molecule has 0 radical (unpaired) electrons. The summed E-state index contributed by atoms with van der Waals surface area (Å²) in [6, 6.07) is 1.58. The van der Waals surface area contributed by atoms with Crippen LogP contribution in [0.25, 0.3) is 0 Å². The van der Waals surface area contributed by atoms with Crippen LogP contribution in [-0.4, -0.2) is 29.9 Å². The maximum Gasteiger partial charge on any atom is 0.343 e. The van der Waals surface area contributed by atoms with Crippen LogP contribution in [0.5, 0.6) is 0 Å². The number of halogens is 2. The lowest BCUT2D eigenvalue weighted by molar-refractivity contribution is -0.138. The number of nitrogens with zero attached hydrogens (tertiary/aromatic N) is 1. The number of carbonyl (C=O) groups is 2. The zero-order valence-corrected chi connectivity index (χ0v) is 14.0. The van der Waals surface area contributed by atoms with E-state index in [1.807, 2.05) is 29.5 Å². The first-order chi connectivity index (χ1) is 9.51. The zero-order chi connectivity index (χ0) is 15.1. The first-order valence-electron chi connectivity index (χ1n) is 5.97. The molecule has 20 heavy (non-hydrogen) atoms. The number of aromatic nitrogens is 1. The molecule has 0 amide bonds. The Morgan fingerprint density at radius 3 is 2.80 bits per heavy atom. The van der Waals surface area contributed by atoms with Crippen LogP contribution >= 0.6 is 34.2 Å². The number of pyridine rings is 1. The molecule has 1 aromatic rings. The first kappa shape index (κ1) is 16.9. The first-order valence-corrected chi connectivity index (χ1v) is 7.43. The Balaban J connectivity index is 3.16. The van der Waals surface area contributed by atoms with Crippen molar-refractivity contribution in [3.05, 3.63) is 38.3 Å². The highest BCUT2D eigenvalue weighted by molar-refractivity contribution is 14.1. The van der Waals surface area contributed by atoms with Crippen LogP contribution in [0.1, 0.15) is 24.2 Å². The normalized spacial score (nSPS) is 11.1. The summed E-state index contributed by atoms with van der Waals surface area (Å²) in [6.45, 7) is 4.29. The molecule has 0 bridgehead atoms. The fourth-order valence-electron chi connectivity index (χ4n) is 1.36. The van der Waals surface area contributed by atoms with E-state index in [0.29, 0.717) is 6.54 Å². The number of ether oxygens (including phenoxy) is 1. The maximum atomic E-state index is 12.4. The highest BCUT2D eigenvalue weighted by atomic mass is 127. The quantitative estimate of drug-likeness (QED) is 0.149. The summed E-state index contributed by atoms with van der Waals surface area (Å²) in [5.74, 6) is -1.20. The van der Waals surface area contributed by atoms with Gasteiger partial charge in [-0.15, -0.1) is 0 Å². The lowest BCUT2D eigenvalue weighted by Gasteiger charge is -2.08. The van der Waals surface area contributed by atoms with Crippen LogP contribution in [-0.2, 0) is 9.53 Å². The third-order valence-corrected chi connectivity index (χ3v) is 3.13. The molecule has 5 nitrogen and oxygen atoms in total. The lowest BCUT2D eigenvalue weighted by Crippen LogP contribution is -2.20. The Kier molecular flexibility index (Phi) is 6.94. The highest BCUT2D eigenvalue weighted by Crippen LogP contribution is 2.19. The average Bonchev–Trinajstić information content (AvgIpc) is 2.42. The molecule has 0 saturated carbocycles. The Hall–Kier alpha value is -1.15. The number of rotatable bonds is 6. The van der Waals surface area contributed by atoms with Crippen molar-refractivity contribution < 1.29 is 14.3 Å². The molecular formula is C13H14ClIN2O3. The van der Waals surface area contributed by atoms with Gasteiger partial charge in [0.25, 0.3) is 0 Å². The van der Waals surface area contributed by atoms with Crippen LogP contribution in [0.3, 0.4) is 0 Å². The van der Waals surface area contributed by atoms with Gasteiger partial charge in [0.2, 0.25) is 5.78 Å². The van der Waals surface area contributed by atoms with Crippen molar-refractivity contribution in [1.82, 2.24) is 10.3 Å². The monoisotopic (exact) mass is 408 g/mol. The standard InChI is InChI=1S/C13H14ClIN2O3/c1-3-16-7-10(13(19)20-4-2)11(18)9-5-8(15)6-17-12(9)14/h5-7,16H,3-4H2,1-2H3. The third-order valence-electron chi connectivity index (χ3n) is 2.24. The van der Waals surface area contributed by atoms with Crippen molar-refractivity contribution in [1.29, 1.82) is 0 Å². The van der Waals surface area contributed by atoms with Gasteiger partial charge in [0.15, 0.2) is 0 Å². The van der Waals surface area contributed by atoms with E-state index in [9.17, 15) is 9.59 Å². The number of nitrogens with one attached hydrogen (secondary N) is 1.